The van der Waals surface area contributed by atoms with E-state index < -0.39 is 13.3 Å². The van der Waals surface area contributed by atoms with Crippen molar-refractivity contribution >= 4 is 50.9 Å². The van der Waals surface area contributed by atoms with Gasteiger partial charge in [0.1, 0.15) is 0 Å². The maximum absolute atomic E-state index is 14.7. The van der Waals surface area contributed by atoms with Crippen LogP contribution in [0.25, 0.3) is 5.73 Å². The molecule has 0 aliphatic carbocycles. The van der Waals surface area contributed by atoms with Crippen LogP contribution < -0.4 is 0 Å². The van der Waals surface area contributed by atoms with E-state index in [-0.39, 0.29) is 86.5 Å². The third kappa shape index (κ3) is 6.51. The second kappa shape index (κ2) is 12.5. The number of alkyl halides is 6. The molecule has 0 saturated heterocycles. The van der Waals surface area contributed by atoms with Gasteiger partial charge in [0.25, 0.3) is 0 Å². The Kier molecular flexibility index (Phi) is 14.2. The predicted molar refractivity (Wildman–Crippen MR) is 116 cm³/mol. The summed E-state index contributed by atoms with van der Waals surface area (Å²) in [6, 6.07) is 10.7. The molecule has 0 aliphatic rings. The topological polar surface area (TPSA) is 23.8 Å². The number of halogens is 6. The van der Waals surface area contributed by atoms with Crippen LogP contribution in [-0.2, 0) is 11.8 Å². The molecule has 0 aliphatic heterocycles. The van der Waals surface area contributed by atoms with Crippen molar-refractivity contribution in [3.05, 3.63) is 85.3 Å². The minimum atomic E-state index is -3.77. The summed E-state index contributed by atoms with van der Waals surface area (Å²) in [6.07, 6.45) is 1.27. The zero-order chi connectivity index (χ0) is 18.9. The smallest absolute Gasteiger partial charge is 0.699 e. The Morgan fingerprint density at radius 3 is 1.50 bits per heavy atom. The van der Waals surface area contributed by atoms with Gasteiger partial charge in [-0.2, -0.15) is 24.0 Å². The molecule has 28 heavy (non-hydrogen) atoms. The Balaban J connectivity index is 0. The van der Waals surface area contributed by atoms with E-state index >= 15 is 0 Å². The van der Waals surface area contributed by atoms with Crippen LogP contribution in [-0.4, -0.2) is 7.86 Å². The molecule has 0 heterocycles. The van der Waals surface area contributed by atoms with Crippen LogP contribution in [0.3, 0.4) is 0 Å². The molecule has 1 nitrogen and oxygen atoms in total. The summed E-state index contributed by atoms with van der Waals surface area (Å²) in [7, 11) is 0. The fourth-order valence-corrected chi connectivity index (χ4v) is 5.27. The van der Waals surface area contributed by atoms with E-state index in [2.05, 4.69) is 6.92 Å². The van der Waals surface area contributed by atoms with E-state index in [1.54, 1.807) is 12.1 Å². The van der Waals surface area contributed by atoms with Gasteiger partial charge in [-0.25, -0.2) is 0 Å². The number of aryl methyl sites for hydroxylation is 1. The van der Waals surface area contributed by atoms with Gasteiger partial charge in [0.05, 0.1) is 0 Å². The summed E-state index contributed by atoms with van der Waals surface area (Å²) in [5, 5.41) is 0. The standard InChI is InChI=1S/C18H15F4I2N.CH3.2U/c1-2-3-12-4-6-13(7-5-12)16(17(19,20)23,18(21,22)24)14-8-10-15(25)11-9-14;;;/h4-11,25H,1-3H2;1H3;;/q-2;-1;;+2. The van der Waals surface area contributed by atoms with Crippen molar-refractivity contribution in [1.82, 2.24) is 0 Å². The maximum atomic E-state index is 14.7. The summed E-state index contributed by atoms with van der Waals surface area (Å²) < 4.78 is 51.3. The van der Waals surface area contributed by atoms with Gasteiger partial charge in [0, 0.05) is 76.3 Å². The van der Waals surface area contributed by atoms with Gasteiger partial charge in [0.15, 0.2) is 5.41 Å². The van der Waals surface area contributed by atoms with Gasteiger partial charge in [-0.1, -0.05) is 60.5 Å². The third-order valence-corrected chi connectivity index (χ3v) is 5.64. The van der Waals surface area contributed by atoms with Crippen LogP contribution in [0.15, 0.2) is 48.5 Å². The maximum Gasteiger partial charge on any atom is 2.00 e. The Morgan fingerprint density at radius 2 is 1.18 bits per heavy atom. The minimum Gasteiger partial charge on any atom is -0.699 e. The average molecular weight is 1070 g/mol. The summed E-state index contributed by atoms with van der Waals surface area (Å²) in [4.78, 5) is 0. The Hall–Kier alpha value is 1.52. The first-order valence-electron chi connectivity index (χ1n) is 7.38. The first-order valence-corrected chi connectivity index (χ1v) is 9.54. The normalized spacial score (nSPS) is 11.7. The van der Waals surface area contributed by atoms with E-state index in [0.29, 0.717) is 12.8 Å². The van der Waals surface area contributed by atoms with Crippen LogP contribution in [0.4, 0.5) is 23.2 Å². The molecule has 0 aromatic heterocycles. The first kappa shape index (κ1) is 31.7. The molecule has 0 saturated carbocycles. The summed E-state index contributed by atoms with van der Waals surface area (Å²) in [6.45, 7) is 3.73. The molecule has 2 aromatic carbocycles. The van der Waals surface area contributed by atoms with Crippen LogP contribution >= 0.6 is 45.2 Å². The second-order valence-electron chi connectivity index (χ2n) is 5.62. The fraction of sp³-hybridized carbons (Fsp3) is 0.263. The number of rotatable bonds is 6. The van der Waals surface area contributed by atoms with E-state index in [1.807, 2.05) is 0 Å². The van der Waals surface area contributed by atoms with E-state index in [0.717, 1.165) is 50.7 Å². The van der Waals surface area contributed by atoms with Gasteiger partial charge >= 0.3 is 39.0 Å². The Bertz CT molecular complexity index is 701. The SMILES string of the molecule is [CH2-]CCc1ccc(C(c2ccc([NH-])cc2)(C(F)(F)I)C(F)(F)I)cc1.[CH3-].[U+2].[U]. The van der Waals surface area contributed by atoms with E-state index in [9.17, 15) is 17.6 Å². The monoisotopic (exact) mass is 1070 g/mol. The number of benzene rings is 2. The quantitative estimate of drug-likeness (QED) is 0.122. The molecule has 150 valence electrons. The molecule has 0 spiro atoms. The predicted octanol–water partition coefficient (Wildman–Crippen LogP) is 7.93. The molecule has 2 rings (SSSR count). The average Bonchev–Trinajstić information content (AvgIpc) is 2.49. The summed E-state index contributed by atoms with van der Waals surface area (Å²) in [5.41, 5.74) is 5.17. The zero-order valence-electron chi connectivity index (χ0n) is 15.0. The van der Waals surface area contributed by atoms with Crippen LogP contribution in [0.5, 0.6) is 0 Å². The third-order valence-electron chi connectivity index (χ3n) is 4.02. The van der Waals surface area contributed by atoms with Crippen molar-refractivity contribution in [3.63, 3.8) is 0 Å². The minimum absolute atomic E-state index is 0. The van der Waals surface area contributed by atoms with Crippen LogP contribution in [0.1, 0.15) is 23.1 Å². The molecule has 0 fully saturated rings. The fourth-order valence-electron chi connectivity index (χ4n) is 2.83. The van der Waals surface area contributed by atoms with Crippen LogP contribution in [0.2, 0.25) is 0 Å². The molecule has 0 unspecified atom stereocenters. The molecule has 0 atom stereocenters. The number of hydrogen-bond acceptors (Lipinski definition) is 0. The molecule has 2 aromatic rings. The van der Waals surface area contributed by atoms with Crippen molar-refractivity contribution < 1.29 is 79.8 Å². The van der Waals surface area contributed by atoms with Gasteiger partial charge in [0.2, 0.25) is 0 Å². The van der Waals surface area contributed by atoms with E-state index in [1.165, 1.54) is 36.4 Å². The Morgan fingerprint density at radius 1 is 0.821 bits per heavy atom. The largest absolute Gasteiger partial charge is 2.00 e. The molecule has 0 bridgehead atoms. The van der Waals surface area contributed by atoms with Gasteiger partial charge in [-0.3, -0.25) is 0 Å². The summed E-state index contributed by atoms with van der Waals surface area (Å²) >= 11 is 1.57. The van der Waals surface area contributed by atoms with Crippen LogP contribution in [0, 0.1) is 76.6 Å². The van der Waals surface area contributed by atoms with Crippen molar-refractivity contribution in [1.29, 1.82) is 0 Å². The summed E-state index contributed by atoms with van der Waals surface area (Å²) in [5.74, 6) is 0. The molecular weight excluding hydrogens is 1050 g/mol. The molecule has 0 amide bonds. The van der Waals surface area contributed by atoms with Crippen molar-refractivity contribution in [2.24, 2.45) is 0 Å². The molecule has 9 heteroatoms. The molecular formula is C19H18F4I2NU2-. The number of nitrogens with one attached hydrogen (secondary N) is 1. The number of hydrogen-bond donors (Lipinski definition) is 0. The second-order valence-corrected chi connectivity index (χ2v) is 8.33. The molecule has 0 radical (unpaired) electrons. The Labute approximate surface area is 238 Å². The molecule has 1 N–H and O–H groups in total. The van der Waals surface area contributed by atoms with Gasteiger partial charge in [-0.05, 0) is 11.1 Å². The van der Waals surface area contributed by atoms with Crippen molar-refractivity contribution in [3.8, 4) is 0 Å². The first-order chi connectivity index (χ1) is 11.5. The van der Waals surface area contributed by atoms with E-state index in [4.69, 9.17) is 5.73 Å². The van der Waals surface area contributed by atoms with Crippen molar-refractivity contribution in [2.75, 3.05) is 0 Å². The van der Waals surface area contributed by atoms with Gasteiger partial charge in [-0.15, -0.1) is 5.69 Å². The zero-order valence-corrected chi connectivity index (χ0v) is 27.7. The van der Waals surface area contributed by atoms with Gasteiger partial charge < -0.3 is 20.1 Å². The van der Waals surface area contributed by atoms with Crippen molar-refractivity contribution in [2.45, 2.75) is 26.1 Å².